The van der Waals surface area contributed by atoms with E-state index in [0.717, 1.165) is 23.2 Å². The van der Waals surface area contributed by atoms with Crippen LogP contribution in [0.1, 0.15) is 28.8 Å². The lowest BCUT2D eigenvalue weighted by Gasteiger charge is -2.07. The Hall–Kier alpha value is -2.92. The number of amides is 1. The number of esters is 1. The van der Waals surface area contributed by atoms with Crippen LogP contribution in [0.3, 0.4) is 0 Å². The summed E-state index contributed by atoms with van der Waals surface area (Å²) in [7, 11) is 0. The van der Waals surface area contributed by atoms with Gasteiger partial charge in [-0.05, 0) is 19.1 Å². The minimum absolute atomic E-state index is 0.0503. The molecule has 0 fully saturated rings. The van der Waals surface area contributed by atoms with E-state index in [1.807, 2.05) is 0 Å². The Morgan fingerprint density at radius 1 is 1.36 bits per heavy atom. The SMILES string of the molecule is CCOC(=O)c1csc(CCNCCC(=O)Nc2ccc(F)cc2[N+](=O)[O-])n1. The number of nitrogens with one attached hydrogen (secondary N) is 2. The van der Waals surface area contributed by atoms with Crippen LogP contribution < -0.4 is 10.6 Å². The van der Waals surface area contributed by atoms with Crippen molar-refractivity contribution >= 4 is 34.6 Å². The zero-order valence-corrected chi connectivity index (χ0v) is 15.9. The number of hydrogen-bond donors (Lipinski definition) is 2. The minimum atomic E-state index is -0.754. The summed E-state index contributed by atoms with van der Waals surface area (Å²) in [6, 6.07) is 2.95. The molecule has 1 aromatic carbocycles. The minimum Gasteiger partial charge on any atom is -0.461 e. The number of carbonyl (C=O) groups excluding carboxylic acids is 2. The van der Waals surface area contributed by atoms with Gasteiger partial charge in [0.1, 0.15) is 11.5 Å². The van der Waals surface area contributed by atoms with Crippen molar-refractivity contribution in [1.82, 2.24) is 10.3 Å². The number of ether oxygens (including phenoxy) is 1. The number of thiazole rings is 1. The topological polar surface area (TPSA) is 123 Å². The fourth-order valence-corrected chi connectivity index (χ4v) is 2.99. The number of rotatable bonds is 10. The molecule has 0 spiro atoms. The molecule has 2 N–H and O–H groups in total. The molecule has 1 amide bonds. The third-order valence-electron chi connectivity index (χ3n) is 3.51. The lowest BCUT2D eigenvalue weighted by atomic mass is 10.2. The first kappa shape index (κ1) is 21.4. The summed E-state index contributed by atoms with van der Waals surface area (Å²) in [5, 5.41) is 18.8. The summed E-state index contributed by atoms with van der Waals surface area (Å²) in [6.07, 6.45) is 0.662. The van der Waals surface area contributed by atoms with Crippen molar-refractivity contribution in [1.29, 1.82) is 0 Å². The van der Waals surface area contributed by atoms with E-state index in [0.29, 0.717) is 19.5 Å². The van der Waals surface area contributed by atoms with Gasteiger partial charge in [0.15, 0.2) is 5.69 Å². The highest BCUT2D eigenvalue weighted by molar-refractivity contribution is 7.09. The van der Waals surface area contributed by atoms with Gasteiger partial charge in [0.05, 0.1) is 22.6 Å². The molecule has 11 heteroatoms. The monoisotopic (exact) mass is 410 g/mol. The van der Waals surface area contributed by atoms with Gasteiger partial charge >= 0.3 is 5.97 Å². The Kier molecular flexibility index (Phi) is 7.96. The zero-order chi connectivity index (χ0) is 20.5. The Bertz CT molecular complexity index is 858. The Balaban J connectivity index is 1.72. The zero-order valence-electron chi connectivity index (χ0n) is 15.1. The average molecular weight is 410 g/mol. The normalized spacial score (nSPS) is 10.5. The molecular formula is C17H19FN4O5S. The quantitative estimate of drug-likeness (QED) is 0.267. The maximum Gasteiger partial charge on any atom is 0.357 e. The highest BCUT2D eigenvalue weighted by Crippen LogP contribution is 2.25. The van der Waals surface area contributed by atoms with E-state index >= 15 is 0 Å². The molecule has 0 unspecified atom stereocenters. The van der Waals surface area contributed by atoms with Crippen molar-refractivity contribution in [2.45, 2.75) is 19.8 Å². The second-order valence-corrected chi connectivity index (χ2v) is 6.51. The number of nitrogens with zero attached hydrogens (tertiary/aromatic N) is 2. The van der Waals surface area contributed by atoms with E-state index in [-0.39, 0.29) is 24.4 Å². The van der Waals surface area contributed by atoms with Crippen LogP contribution in [0.2, 0.25) is 0 Å². The lowest BCUT2D eigenvalue weighted by Crippen LogP contribution is -2.23. The number of hydrogen-bond acceptors (Lipinski definition) is 8. The second-order valence-electron chi connectivity index (χ2n) is 5.56. The molecule has 1 heterocycles. The highest BCUT2D eigenvalue weighted by Gasteiger charge is 2.17. The molecular weight excluding hydrogens is 391 g/mol. The molecule has 0 radical (unpaired) electrons. The molecule has 28 heavy (non-hydrogen) atoms. The predicted molar refractivity (Wildman–Crippen MR) is 101 cm³/mol. The van der Waals surface area contributed by atoms with Crippen LogP contribution in [0, 0.1) is 15.9 Å². The predicted octanol–water partition coefficient (Wildman–Crippen LogP) is 2.53. The van der Waals surface area contributed by atoms with Gasteiger partial charge in [0.25, 0.3) is 5.69 Å². The fraction of sp³-hybridized carbons (Fsp3) is 0.353. The number of benzene rings is 1. The summed E-state index contributed by atoms with van der Waals surface area (Å²) in [5.41, 5.74) is -0.268. The van der Waals surface area contributed by atoms with Gasteiger partial charge < -0.3 is 15.4 Å². The third-order valence-corrected chi connectivity index (χ3v) is 4.42. The first-order chi connectivity index (χ1) is 13.4. The highest BCUT2D eigenvalue weighted by atomic mass is 32.1. The number of carbonyl (C=O) groups is 2. The molecule has 2 aromatic rings. The molecule has 9 nitrogen and oxygen atoms in total. The van der Waals surface area contributed by atoms with Gasteiger partial charge in [0, 0.05) is 31.3 Å². The first-order valence-corrected chi connectivity index (χ1v) is 9.34. The molecule has 0 aliphatic rings. The van der Waals surface area contributed by atoms with Crippen LogP contribution in [-0.2, 0) is 16.0 Å². The largest absolute Gasteiger partial charge is 0.461 e. The molecule has 0 saturated heterocycles. The standard InChI is InChI=1S/C17H19FN4O5S/c1-2-27-17(24)13-10-28-16(21-13)6-8-19-7-5-15(23)20-12-4-3-11(18)9-14(12)22(25)26/h3-4,9-10,19H,2,5-8H2,1H3,(H,20,23). The van der Waals surface area contributed by atoms with Crippen molar-refractivity contribution in [2.75, 3.05) is 25.0 Å². The van der Waals surface area contributed by atoms with E-state index in [1.54, 1.807) is 12.3 Å². The van der Waals surface area contributed by atoms with E-state index in [4.69, 9.17) is 4.74 Å². The van der Waals surface area contributed by atoms with E-state index in [1.165, 1.54) is 11.3 Å². The van der Waals surface area contributed by atoms with Gasteiger partial charge in [0.2, 0.25) is 5.91 Å². The number of nitro benzene ring substituents is 1. The Morgan fingerprint density at radius 2 is 2.14 bits per heavy atom. The Morgan fingerprint density at radius 3 is 2.86 bits per heavy atom. The van der Waals surface area contributed by atoms with Gasteiger partial charge in [-0.15, -0.1) is 11.3 Å². The summed E-state index contributed by atoms with van der Waals surface area (Å²) >= 11 is 1.35. The summed E-state index contributed by atoms with van der Waals surface area (Å²) in [6.45, 7) is 2.90. The molecule has 0 aliphatic carbocycles. The van der Waals surface area contributed by atoms with Gasteiger partial charge in [-0.25, -0.2) is 14.2 Å². The van der Waals surface area contributed by atoms with Crippen molar-refractivity contribution < 1.29 is 23.6 Å². The number of aromatic nitrogens is 1. The van der Waals surface area contributed by atoms with Crippen molar-refractivity contribution in [3.05, 3.63) is 50.2 Å². The fourth-order valence-electron chi connectivity index (χ4n) is 2.22. The molecule has 0 atom stereocenters. The number of nitro groups is 1. The molecule has 2 rings (SSSR count). The van der Waals surface area contributed by atoms with E-state index in [2.05, 4.69) is 15.6 Å². The average Bonchev–Trinajstić information content (AvgIpc) is 3.12. The van der Waals surface area contributed by atoms with Gasteiger partial charge in [-0.2, -0.15) is 0 Å². The molecule has 1 aromatic heterocycles. The van der Waals surface area contributed by atoms with Gasteiger partial charge in [-0.1, -0.05) is 0 Å². The van der Waals surface area contributed by atoms with Crippen LogP contribution in [0.25, 0.3) is 0 Å². The lowest BCUT2D eigenvalue weighted by molar-refractivity contribution is -0.384. The Labute approximate surface area is 164 Å². The van der Waals surface area contributed by atoms with Crippen LogP contribution in [0.15, 0.2) is 23.6 Å². The number of anilines is 1. The first-order valence-electron chi connectivity index (χ1n) is 8.46. The van der Waals surface area contributed by atoms with Crippen LogP contribution in [0.5, 0.6) is 0 Å². The summed E-state index contributed by atoms with van der Waals surface area (Å²) in [4.78, 5) is 37.8. The van der Waals surface area contributed by atoms with E-state index in [9.17, 15) is 24.1 Å². The van der Waals surface area contributed by atoms with Crippen molar-refractivity contribution in [2.24, 2.45) is 0 Å². The van der Waals surface area contributed by atoms with Crippen molar-refractivity contribution in [3.8, 4) is 0 Å². The van der Waals surface area contributed by atoms with Crippen molar-refractivity contribution in [3.63, 3.8) is 0 Å². The van der Waals surface area contributed by atoms with Crippen LogP contribution in [0.4, 0.5) is 15.8 Å². The van der Waals surface area contributed by atoms with Gasteiger partial charge in [-0.3, -0.25) is 14.9 Å². The molecule has 0 aliphatic heterocycles. The maximum absolute atomic E-state index is 13.1. The van der Waals surface area contributed by atoms with Crippen LogP contribution in [-0.4, -0.2) is 41.5 Å². The second kappa shape index (κ2) is 10.4. The van der Waals surface area contributed by atoms with Crippen LogP contribution >= 0.6 is 11.3 Å². The third kappa shape index (κ3) is 6.35. The summed E-state index contributed by atoms with van der Waals surface area (Å²) in [5.74, 6) is -1.63. The molecule has 0 saturated carbocycles. The van der Waals surface area contributed by atoms with E-state index < -0.39 is 28.3 Å². The molecule has 150 valence electrons. The molecule has 0 bridgehead atoms. The number of halogens is 1. The maximum atomic E-state index is 13.1. The summed E-state index contributed by atoms with van der Waals surface area (Å²) < 4.78 is 18.0. The smallest absolute Gasteiger partial charge is 0.357 e.